The first-order valence-corrected chi connectivity index (χ1v) is 9.67. The number of nitrogens with zero attached hydrogens (tertiary/aromatic N) is 3. The number of rotatable bonds is 5. The summed E-state index contributed by atoms with van der Waals surface area (Å²) in [4.78, 5) is 19.9. The normalized spacial score (nSPS) is 14.6. The Morgan fingerprint density at radius 1 is 1.21 bits per heavy atom. The van der Waals surface area contributed by atoms with Crippen LogP contribution in [0.3, 0.4) is 0 Å². The molecule has 0 spiro atoms. The Labute approximate surface area is 176 Å². The number of benzene rings is 1. The van der Waals surface area contributed by atoms with Crippen LogP contribution >= 0.6 is 12.4 Å². The topological polar surface area (TPSA) is 83.3 Å². The zero-order valence-corrected chi connectivity index (χ0v) is 17.5. The molecule has 8 heteroatoms. The summed E-state index contributed by atoms with van der Waals surface area (Å²) >= 11 is 0. The Balaban J connectivity index is 0.00000240. The van der Waals surface area contributed by atoms with Crippen LogP contribution in [0.4, 0.5) is 0 Å². The van der Waals surface area contributed by atoms with Crippen LogP contribution in [0, 0.1) is 13.8 Å². The van der Waals surface area contributed by atoms with Crippen molar-refractivity contribution in [2.75, 3.05) is 39.3 Å². The fourth-order valence-electron chi connectivity index (χ4n) is 3.50. The van der Waals surface area contributed by atoms with Gasteiger partial charge in [-0.05, 0) is 19.9 Å². The van der Waals surface area contributed by atoms with Gasteiger partial charge in [0.25, 0.3) is 11.6 Å². The predicted octanol–water partition coefficient (Wildman–Crippen LogP) is 2.56. The van der Waals surface area contributed by atoms with Crippen LogP contribution in [0.5, 0.6) is 0 Å². The summed E-state index contributed by atoms with van der Waals surface area (Å²) in [6, 6.07) is 9.88. The smallest absolute Gasteiger partial charge is 0.259 e. The van der Waals surface area contributed by atoms with Crippen LogP contribution in [0.1, 0.15) is 21.6 Å². The molecule has 0 saturated carbocycles. The Bertz CT molecular complexity index is 981. The maximum atomic E-state index is 12.9. The lowest BCUT2D eigenvalue weighted by atomic mass is 10.0. The number of carbonyl (C=O) groups excluding carboxylic acids is 1. The van der Waals surface area contributed by atoms with E-state index in [-0.39, 0.29) is 18.3 Å². The molecule has 0 unspecified atom stereocenters. The third-order valence-electron chi connectivity index (χ3n) is 5.13. The molecule has 3 aromatic rings. The second-order valence-electron chi connectivity index (χ2n) is 7.22. The summed E-state index contributed by atoms with van der Waals surface area (Å²) in [6.45, 7) is 9.34. The zero-order chi connectivity index (χ0) is 19.5. The molecule has 7 nitrogen and oxygen atoms in total. The number of pyridine rings is 1. The van der Waals surface area contributed by atoms with Crippen molar-refractivity contribution in [3.63, 3.8) is 0 Å². The molecular weight excluding hydrogens is 390 g/mol. The lowest BCUT2D eigenvalue weighted by Gasteiger charge is -2.27. The zero-order valence-electron chi connectivity index (χ0n) is 16.7. The fourth-order valence-corrected chi connectivity index (χ4v) is 3.50. The van der Waals surface area contributed by atoms with Crippen LogP contribution < -0.4 is 10.6 Å². The van der Waals surface area contributed by atoms with E-state index in [2.05, 4.69) is 25.7 Å². The van der Waals surface area contributed by atoms with E-state index in [1.165, 1.54) is 5.56 Å². The average Bonchev–Trinajstić information content (AvgIpc) is 3.09. The van der Waals surface area contributed by atoms with Gasteiger partial charge in [-0.15, -0.1) is 12.4 Å². The number of carbonyl (C=O) groups is 1. The van der Waals surface area contributed by atoms with E-state index in [1.54, 1.807) is 0 Å². The van der Waals surface area contributed by atoms with Gasteiger partial charge < -0.3 is 15.2 Å². The Morgan fingerprint density at radius 2 is 1.93 bits per heavy atom. The van der Waals surface area contributed by atoms with Gasteiger partial charge in [0, 0.05) is 44.8 Å². The van der Waals surface area contributed by atoms with E-state index in [9.17, 15) is 4.79 Å². The largest absolute Gasteiger partial charge is 0.351 e. The average molecular weight is 416 g/mol. The number of amides is 1. The van der Waals surface area contributed by atoms with Crippen molar-refractivity contribution in [2.24, 2.45) is 0 Å². The Morgan fingerprint density at radius 3 is 2.66 bits per heavy atom. The molecule has 1 aliphatic heterocycles. The van der Waals surface area contributed by atoms with E-state index in [0.717, 1.165) is 38.3 Å². The highest BCUT2D eigenvalue weighted by Crippen LogP contribution is 2.27. The summed E-state index contributed by atoms with van der Waals surface area (Å²) in [5.74, 6) is -0.123. The van der Waals surface area contributed by atoms with Gasteiger partial charge in [0.2, 0.25) is 0 Å². The third kappa shape index (κ3) is 4.75. The molecule has 1 aliphatic rings. The van der Waals surface area contributed by atoms with Crippen LogP contribution in [-0.2, 0) is 0 Å². The van der Waals surface area contributed by atoms with Crippen LogP contribution in [-0.4, -0.2) is 60.2 Å². The highest BCUT2D eigenvalue weighted by Gasteiger charge is 2.19. The number of hydrogen-bond acceptors (Lipinski definition) is 6. The summed E-state index contributed by atoms with van der Waals surface area (Å²) in [5.41, 5.74) is 4.44. The monoisotopic (exact) mass is 415 g/mol. The van der Waals surface area contributed by atoms with E-state index in [1.807, 2.05) is 44.2 Å². The number of aryl methyl sites for hydroxylation is 2. The predicted molar refractivity (Wildman–Crippen MR) is 116 cm³/mol. The second-order valence-corrected chi connectivity index (χ2v) is 7.22. The molecule has 0 aliphatic carbocycles. The molecule has 0 atom stereocenters. The molecule has 3 heterocycles. The number of nitrogens with one attached hydrogen (secondary N) is 2. The molecule has 29 heavy (non-hydrogen) atoms. The first-order valence-electron chi connectivity index (χ1n) is 9.67. The van der Waals surface area contributed by atoms with Gasteiger partial charge in [-0.2, -0.15) is 0 Å². The van der Waals surface area contributed by atoms with E-state index in [0.29, 0.717) is 34.6 Å². The quantitative estimate of drug-likeness (QED) is 0.666. The summed E-state index contributed by atoms with van der Waals surface area (Å²) in [7, 11) is 0. The molecule has 1 saturated heterocycles. The first kappa shape index (κ1) is 21.2. The third-order valence-corrected chi connectivity index (χ3v) is 5.13. The first-order chi connectivity index (χ1) is 13.6. The number of hydrogen-bond donors (Lipinski definition) is 2. The van der Waals surface area contributed by atoms with Crippen molar-refractivity contribution in [1.82, 2.24) is 25.7 Å². The van der Waals surface area contributed by atoms with Crippen molar-refractivity contribution >= 4 is 29.4 Å². The maximum absolute atomic E-state index is 12.9. The molecule has 2 N–H and O–H groups in total. The maximum Gasteiger partial charge on any atom is 0.259 e. The minimum atomic E-state index is -0.123. The van der Waals surface area contributed by atoms with E-state index in [4.69, 9.17) is 4.52 Å². The van der Waals surface area contributed by atoms with Crippen LogP contribution in [0.15, 0.2) is 34.9 Å². The molecule has 2 aromatic heterocycles. The van der Waals surface area contributed by atoms with Gasteiger partial charge in [0.05, 0.1) is 22.3 Å². The SMILES string of the molecule is Cc1ccc(-c2cc(C(=O)NCCN3CCNCC3)c3c(C)noc3n2)cc1.Cl. The molecule has 0 bridgehead atoms. The van der Waals surface area contributed by atoms with Gasteiger partial charge in [-0.1, -0.05) is 35.0 Å². The standard InChI is InChI=1S/C21H25N5O2.ClH/c1-14-3-5-16(6-4-14)18-13-17(19-15(2)25-28-21(19)24-18)20(27)23-9-12-26-10-7-22-8-11-26;/h3-6,13,22H,7-12H2,1-2H3,(H,23,27);1H. The summed E-state index contributed by atoms with van der Waals surface area (Å²) in [5, 5.41) is 11.1. The number of halogens is 1. The molecular formula is C21H26ClN5O2. The minimum absolute atomic E-state index is 0. The highest BCUT2D eigenvalue weighted by molar-refractivity contribution is 6.07. The van der Waals surface area contributed by atoms with Gasteiger partial charge in [-0.25, -0.2) is 4.98 Å². The Hall–Kier alpha value is -2.48. The van der Waals surface area contributed by atoms with Gasteiger partial charge in [0.15, 0.2) is 0 Å². The molecule has 1 aromatic carbocycles. The van der Waals surface area contributed by atoms with Gasteiger partial charge in [0.1, 0.15) is 0 Å². The minimum Gasteiger partial charge on any atom is -0.351 e. The summed E-state index contributed by atoms with van der Waals surface area (Å²) < 4.78 is 5.37. The van der Waals surface area contributed by atoms with Crippen molar-refractivity contribution in [3.05, 3.63) is 47.2 Å². The molecule has 154 valence electrons. The lowest BCUT2D eigenvalue weighted by Crippen LogP contribution is -2.46. The second kappa shape index (κ2) is 9.35. The summed E-state index contributed by atoms with van der Waals surface area (Å²) in [6.07, 6.45) is 0. The number of fused-ring (bicyclic) bond motifs is 1. The van der Waals surface area contributed by atoms with Crippen LogP contribution in [0.25, 0.3) is 22.4 Å². The molecule has 1 amide bonds. The van der Waals surface area contributed by atoms with E-state index >= 15 is 0 Å². The van der Waals surface area contributed by atoms with Gasteiger partial charge in [-0.3, -0.25) is 9.69 Å². The highest BCUT2D eigenvalue weighted by atomic mass is 35.5. The lowest BCUT2D eigenvalue weighted by molar-refractivity contribution is 0.0949. The molecule has 1 fully saturated rings. The molecule has 0 radical (unpaired) electrons. The van der Waals surface area contributed by atoms with Crippen molar-refractivity contribution in [2.45, 2.75) is 13.8 Å². The fraction of sp³-hybridized carbons (Fsp3) is 0.381. The van der Waals surface area contributed by atoms with Crippen molar-refractivity contribution in [1.29, 1.82) is 0 Å². The Kier molecular flexibility index (Phi) is 6.84. The molecule has 4 rings (SSSR count). The van der Waals surface area contributed by atoms with Gasteiger partial charge >= 0.3 is 0 Å². The van der Waals surface area contributed by atoms with Crippen LogP contribution in [0.2, 0.25) is 0 Å². The number of piperazine rings is 1. The van der Waals surface area contributed by atoms with Crippen molar-refractivity contribution < 1.29 is 9.32 Å². The van der Waals surface area contributed by atoms with E-state index < -0.39 is 0 Å². The number of aromatic nitrogens is 2. The van der Waals surface area contributed by atoms with Crippen molar-refractivity contribution in [3.8, 4) is 11.3 Å².